The second kappa shape index (κ2) is 6.57. The molecule has 0 atom stereocenters. The van der Waals surface area contributed by atoms with Gasteiger partial charge in [0, 0.05) is 5.56 Å². The maximum atomic E-state index is 13.2. The Morgan fingerprint density at radius 1 is 1.00 bits per heavy atom. The van der Waals surface area contributed by atoms with Crippen molar-refractivity contribution >= 4 is 0 Å². The highest BCUT2D eigenvalue weighted by atomic mass is 19.4. The van der Waals surface area contributed by atoms with Gasteiger partial charge in [-0.25, -0.2) is 9.97 Å². The Labute approximate surface area is 139 Å². The van der Waals surface area contributed by atoms with Crippen molar-refractivity contribution in [2.24, 2.45) is 0 Å². The summed E-state index contributed by atoms with van der Waals surface area (Å²) in [6.07, 6.45) is -4.69. The number of aromatic nitrogens is 5. The minimum atomic E-state index is -4.69. The first-order valence-electron chi connectivity index (χ1n) is 7.11. The number of hydrogen-bond acceptors (Lipinski definition) is 6. The molecule has 0 saturated heterocycles. The highest BCUT2D eigenvalue weighted by Gasteiger charge is 2.34. The molecule has 7 nitrogen and oxygen atoms in total. The summed E-state index contributed by atoms with van der Waals surface area (Å²) in [7, 11) is 0. The Balaban J connectivity index is 2.22. The molecule has 0 aliphatic rings. The van der Waals surface area contributed by atoms with Crippen LogP contribution in [0.3, 0.4) is 0 Å². The molecule has 0 radical (unpaired) electrons. The summed E-state index contributed by atoms with van der Waals surface area (Å²) in [5.74, 6) is -0.398. The van der Waals surface area contributed by atoms with Gasteiger partial charge in [0.15, 0.2) is 5.69 Å². The number of aliphatic hydroxyl groups is 2. The molecule has 0 aliphatic carbocycles. The van der Waals surface area contributed by atoms with E-state index in [0.717, 1.165) is 10.7 Å². The van der Waals surface area contributed by atoms with E-state index in [2.05, 4.69) is 20.3 Å². The first-order chi connectivity index (χ1) is 11.9. The van der Waals surface area contributed by atoms with Crippen LogP contribution in [0.1, 0.15) is 17.1 Å². The number of alkyl halides is 3. The minimum absolute atomic E-state index is 0.0147. The van der Waals surface area contributed by atoms with E-state index in [1.165, 1.54) is 0 Å². The van der Waals surface area contributed by atoms with Crippen molar-refractivity contribution < 1.29 is 23.4 Å². The molecule has 0 amide bonds. The van der Waals surface area contributed by atoms with Gasteiger partial charge < -0.3 is 10.2 Å². The van der Waals surface area contributed by atoms with Crippen LogP contribution in [-0.2, 0) is 19.4 Å². The van der Waals surface area contributed by atoms with Crippen LogP contribution in [-0.4, -0.2) is 35.2 Å². The second-order valence-electron chi connectivity index (χ2n) is 5.01. The van der Waals surface area contributed by atoms with E-state index < -0.39 is 31.0 Å². The zero-order chi connectivity index (χ0) is 18.0. The number of rotatable bonds is 4. The van der Waals surface area contributed by atoms with Crippen LogP contribution in [0.2, 0.25) is 0 Å². The van der Waals surface area contributed by atoms with Crippen LogP contribution in [0.4, 0.5) is 13.2 Å². The lowest BCUT2D eigenvalue weighted by molar-refractivity contribution is -0.141. The fourth-order valence-electron chi connectivity index (χ4n) is 2.21. The maximum absolute atomic E-state index is 13.2. The van der Waals surface area contributed by atoms with Crippen LogP contribution in [0, 0.1) is 0 Å². The molecule has 0 unspecified atom stereocenters. The monoisotopic (exact) mass is 351 g/mol. The van der Waals surface area contributed by atoms with Gasteiger partial charge in [-0.1, -0.05) is 35.5 Å². The zero-order valence-corrected chi connectivity index (χ0v) is 12.6. The summed E-state index contributed by atoms with van der Waals surface area (Å²) in [5.41, 5.74) is -0.598. The fraction of sp³-hybridized carbons (Fsp3) is 0.200. The summed E-state index contributed by atoms with van der Waals surface area (Å²) in [5, 5.41) is 25.8. The Kier molecular flexibility index (Phi) is 4.47. The Bertz CT molecular complexity index is 881. The molecule has 1 aromatic carbocycles. The van der Waals surface area contributed by atoms with Crippen molar-refractivity contribution in [2.75, 3.05) is 0 Å². The Morgan fingerprint density at radius 3 is 2.32 bits per heavy atom. The van der Waals surface area contributed by atoms with Crippen LogP contribution in [0.25, 0.3) is 17.2 Å². The summed E-state index contributed by atoms with van der Waals surface area (Å²) in [4.78, 5) is 7.59. The lowest BCUT2D eigenvalue weighted by Crippen LogP contribution is -2.15. The first kappa shape index (κ1) is 17.0. The summed E-state index contributed by atoms with van der Waals surface area (Å²) in [6.45, 7) is -1.12. The zero-order valence-electron chi connectivity index (χ0n) is 12.6. The molecule has 0 fully saturated rings. The Morgan fingerprint density at radius 2 is 1.72 bits per heavy atom. The molecule has 2 N–H and O–H groups in total. The summed E-state index contributed by atoms with van der Waals surface area (Å²) >= 11 is 0. The molecule has 2 aromatic heterocycles. The molecular weight excluding hydrogens is 339 g/mol. The average molecular weight is 351 g/mol. The predicted octanol–water partition coefficient (Wildman–Crippen LogP) is 1.73. The third kappa shape index (κ3) is 3.35. The van der Waals surface area contributed by atoms with Crippen LogP contribution >= 0.6 is 0 Å². The van der Waals surface area contributed by atoms with Crippen molar-refractivity contribution in [3.05, 3.63) is 53.5 Å². The van der Waals surface area contributed by atoms with Gasteiger partial charge in [0.1, 0.15) is 5.69 Å². The molecule has 0 aliphatic heterocycles. The molecule has 3 rings (SSSR count). The second-order valence-corrected chi connectivity index (χ2v) is 5.01. The number of benzene rings is 1. The number of halogens is 3. The molecule has 2 heterocycles. The molecular formula is C15H12F3N5O2. The molecule has 3 aromatic rings. The SMILES string of the molecule is OCc1nnn(-c2nc(-c3ccccc3)cc(C(F)(F)F)n2)c1CO. The van der Waals surface area contributed by atoms with E-state index in [0.29, 0.717) is 5.56 Å². The molecule has 0 spiro atoms. The third-order valence-electron chi connectivity index (χ3n) is 3.41. The maximum Gasteiger partial charge on any atom is 0.433 e. The van der Waals surface area contributed by atoms with Crippen LogP contribution < -0.4 is 0 Å². The molecule has 10 heteroatoms. The third-order valence-corrected chi connectivity index (χ3v) is 3.41. The number of nitrogens with zero attached hydrogens (tertiary/aromatic N) is 5. The fourth-order valence-corrected chi connectivity index (χ4v) is 2.21. The summed E-state index contributed by atoms with van der Waals surface area (Å²) < 4.78 is 40.5. The van der Waals surface area contributed by atoms with E-state index in [9.17, 15) is 23.4 Å². The molecule has 25 heavy (non-hydrogen) atoms. The molecule has 0 saturated carbocycles. The van der Waals surface area contributed by atoms with E-state index in [1.807, 2.05) is 0 Å². The van der Waals surface area contributed by atoms with E-state index in [4.69, 9.17) is 0 Å². The van der Waals surface area contributed by atoms with Crippen LogP contribution in [0.15, 0.2) is 36.4 Å². The molecule has 130 valence electrons. The van der Waals surface area contributed by atoms with Gasteiger partial charge in [-0.05, 0) is 6.07 Å². The highest BCUT2D eigenvalue weighted by Crippen LogP contribution is 2.31. The van der Waals surface area contributed by atoms with Crippen molar-refractivity contribution in [2.45, 2.75) is 19.4 Å². The van der Waals surface area contributed by atoms with Gasteiger partial charge >= 0.3 is 6.18 Å². The van der Waals surface area contributed by atoms with E-state index >= 15 is 0 Å². The normalized spacial score (nSPS) is 11.7. The largest absolute Gasteiger partial charge is 0.433 e. The summed E-state index contributed by atoms with van der Waals surface area (Å²) in [6, 6.07) is 9.12. The first-order valence-corrected chi connectivity index (χ1v) is 7.11. The lowest BCUT2D eigenvalue weighted by atomic mass is 10.1. The van der Waals surface area contributed by atoms with Gasteiger partial charge in [-0.3, -0.25) is 0 Å². The van der Waals surface area contributed by atoms with Gasteiger partial charge in [0.05, 0.1) is 24.6 Å². The van der Waals surface area contributed by atoms with Crippen LogP contribution in [0.5, 0.6) is 0 Å². The van der Waals surface area contributed by atoms with Crippen molar-refractivity contribution in [1.29, 1.82) is 0 Å². The van der Waals surface area contributed by atoms with Crippen molar-refractivity contribution in [1.82, 2.24) is 25.0 Å². The number of aliphatic hydroxyl groups excluding tert-OH is 2. The average Bonchev–Trinajstić information content (AvgIpc) is 3.04. The minimum Gasteiger partial charge on any atom is -0.390 e. The lowest BCUT2D eigenvalue weighted by Gasteiger charge is -2.11. The predicted molar refractivity (Wildman–Crippen MR) is 79.2 cm³/mol. The van der Waals surface area contributed by atoms with E-state index in [-0.39, 0.29) is 17.1 Å². The standard InChI is InChI=1S/C15H12F3N5O2/c16-15(17,18)13-6-10(9-4-2-1-3-5-9)19-14(20-13)23-12(8-25)11(7-24)21-22-23/h1-6,24-25H,7-8H2. The number of hydrogen-bond donors (Lipinski definition) is 2. The van der Waals surface area contributed by atoms with E-state index in [1.54, 1.807) is 30.3 Å². The highest BCUT2D eigenvalue weighted by molar-refractivity contribution is 5.60. The van der Waals surface area contributed by atoms with Gasteiger partial charge in [0.2, 0.25) is 0 Å². The van der Waals surface area contributed by atoms with Crippen molar-refractivity contribution in [3.8, 4) is 17.2 Å². The smallest absolute Gasteiger partial charge is 0.390 e. The quantitative estimate of drug-likeness (QED) is 0.743. The molecule has 0 bridgehead atoms. The van der Waals surface area contributed by atoms with Gasteiger partial charge in [-0.2, -0.15) is 17.9 Å². The topological polar surface area (TPSA) is 97.0 Å². The van der Waals surface area contributed by atoms with Gasteiger partial charge in [-0.15, -0.1) is 5.10 Å². The Hall–Kier alpha value is -2.85. The van der Waals surface area contributed by atoms with Crippen molar-refractivity contribution in [3.63, 3.8) is 0 Å². The van der Waals surface area contributed by atoms with Gasteiger partial charge in [0.25, 0.3) is 5.95 Å².